The van der Waals surface area contributed by atoms with Gasteiger partial charge in [0.25, 0.3) is 0 Å². The van der Waals surface area contributed by atoms with Crippen molar-refractivity contribution in [2.75, 3.05) is 12.4 Å². The molecule has 0 aliphatic rings. The van der Waals surface area contributed by atoms with E-state index in [2.05, 4.69) is 24.6 Å². The standard InChI is InChI=1S/C6H6N4O5S/c1-15-6(13)8-5-7-3(10-16-5)2(9-14)4(11)12/h14H,1H3,(H,11,12)(H,7,8,10,13)/p-1/b9-2-. The molecule has 0 spiro atoms. The van der Waals surface area contributed by atoms with E-state index < -0.39 is 17.8 Å². The van der Waals surface area contributed by atoms with E-state index in [1.807, 2.05) is 0 Å². The number of amides is 1. The minimum atomic E-state index is -1.54. The van der Waals surface area contributed by atoms with Crippen molar-refractivity contribution in [3.8, 4) is 0 Å². The summed E-state index contributed by atoms with van der Waals surface area (Å²) < 4.78 is 7.82. The number of rotatable bonds is 3. The molecule has 0 bridgehead atoms. The first-order valence-electron chi connectivity index (χ1n) is 3.71. The monoisotopic (exact) mass is 245 g/mol. The van der Waals surface area contributed by atoms with Crippen molar-refractivity contribution in [1.29, 1.82) is 0 Å². The van der Waals surface area contributed by atoms with Crippen molar-refractivity contribution >= 4 is 34.4 Å². The van der Waals surface area contributed by atoms with Crippen LogP contribution < -0.4 is 5.32 Å². The Bertz CT molecular complexity index is 442. The van der Waals surface area contributed by atoms with Crippen molar-refractivity contribution < 1.29 is 19.4 Å². The van der Waals surface area contributed by atoms with Gasteiger partial charge in [0, 0.05) is 11.5 Å². The maximum atomic E-state index is 10.8. The molecular weight excluding hydrogens is 240 g/mol. The summed E-state index contributed by atoms with van der Waals surface area (Å²) in [5, 5.41) is 23.2. The normalized spacial score (nSPS) is 10.9. The lowest BCUT2D eigenvalue weighted by molar-refractivity contribution is -0.129. The number of carboxylic acids is 1. The van der Waals surface area contributed by atoms with Gasteiger partial charge in [0.2, 0.25) is 5.13 Å². The Morgan fingerprint density at radius 3 is 2.81 bits per heavy atom. The number of nitrogens with one attached hydrogen (secondary N) is 1. The average Bonchev–Trinajstić information content (AvgIpc) is 2.66. The highest BCUT2D eigenvalue weighted by atomic mass is 32.1. The average molecular weight is 245 g/mol. The second-order valence-electron chi connectivity index (χ2n) is 2.28. The summed E-state index contributed by atoms with van der Waals surface area (Å²) in [5.41, 5.74) is -0.825. The fraction of sp³-hybridized carbons (Fsp3) is 0.167. The number of aromatic nitrogens is 2. The van der Waals surface area contributed by atoms with Crippen molar-refractivity contribution in [3.63, 3.8) is 0 Å². The molecule has 2 N–H and O–H groups in total. The Morgan fingerprint density at radius 1 is 1.62 bits per heavy atom. The topological polar surface area (TPSA) is 137 Å². The second kappa shape index (κ2) is 5.02. The van der Waals surface area contributed by atoms with Gasteiger partial charge in [-0.15, -0.1) is 0 Å². The smallest absolute Gasteiger partial charge is 0.413 e. The molecule has 16 heavy (non-hydrogen) atoms. The quantitative estimate of drug-likeness (QED) is 0.568. The number of methoxy groups -OCH3 is 1. The third kappa shape index (κ3) is 2.63. The highest BCUT2D eigenvalue weighted by Gasteiger charge is 2.17. The van der Waals surface area contributed by atoms with Crippen LogP contribution in [-0.2, 0) is 9.53 Å². The van der Waals surface area contributed by atoms with Gasteiger partial charge in [-0.3, -0.25) is 5.32 Å². The molecule has 0 unspecified atom stereocenters. The molecule has 1 aromatic rings. The SMILES string of the molecule is COC(=O)Nc1nc(/C(=N/[O-])C(=O)O)ns1. The molecule has 0 atom stereocenters. The first kappa shape index (κ1) is 11.8. The first-order chi connectivity index (χ1) is 7.58. The van der Waals surface area contributed by atoms with Crippen LogP contribution in [0.25, 0.3) is 0 Å². The number of nitrogens with zero attached hydrogens (tertiary/aromatic N) is 3. The summed E-state index contributed by atoms with van der Waals surface area (Å²) in [7, 11) is 1.15. The Morgan fingerprint density at radius 2 is 2.31 bits per heavy atom. The van der Waals surface area contributed by atoms with Crippen LogP contribution in [0.2, 0.25) is 0 Å². The van der Waals surface area contributed by atoms with Crippen molar-refractivity contribution in [3.05, 3.63) is 11.0 Å². The summed E-state index contributed by atoms with van der Waals surface area (Å²) in [5.74, 6) is -1.91. The summed E-state index contributed by atoms with van der Waals surface area (Å²) in [6.07, 6.45) is -0.779. The minimum Gasteiger partial charge on any atom is -0.791 e. The summed E-state index contributed by atoms with van der Waals surface area (Å²) in [6, 6.07) is 0. The molecule has 1 rings (SSSR count). The number of hydrogen-bond acceptors (Lipinski definition) is 8. The Labute approximate surface area is 92.5 Å². The largest absolute Gasteiger partial charge is 0.791 e. The van der Waals surface area contributed by atoms with E-state index in [4.69, 9.17) is 5.11 Å². The molecule has 0 aliphatic heterocycles. The zero-order chi connectivity index (χ0) is 12.1. The first-order valence-corrected chi connectivity index (χ1v) is 4.48. The molecule has 0 aliphatic carbocycles. The third-order valence-electron chi connectivity index (χ3n) is 1.33. The molecule has 0 fully saturated rings. The van der Waals surface area contributed by atoms with Gasteiger partial charge in [-0.25, -0.2) is 9.59 Å². The number of carboxylic acid groups (broad SMARTS) is 1. The molecule has 10 heteroatoms. The number of carbonyl (C=O) groups is 2. The van der Waals surface area contributed by atoms with Crippen LogP contribution in [0.3, 0.4) is 0 Å². The molecular formula is C6H5N4O5S-. The van der Waals surface area contributed by atoms with Crippen LogP contribution >= 0.6 is 11.5 Å². The molecule has 86 valence electrons. The van der Waals surface area contributed by atoms with Crippen LogP contribution in [0.4, 0.5) is 9.93 Å². The number of anilines is 1. The zero-order valence-corrected chi connectivity index (χ0v) is 8.65. The van der Waals surface area contributed by atoms with Crippen LogP contribution in [0.1, 0.15) is 5.82 Å². The Kier molecular flexibility index (Phi) is 3.72. The van der Waals surface area contributed by atoms with Crippen LogP contribution in [-0.4, -0.2) is 39.3 Å². The molecule has 0 saturated carbocycles. The van der Waals surface area contributed by atoms with Gasteiger partial charge in [0.1, 0.15) is 0 Å². The van der Waals surface area contributed by atoms with Gasteiger partial charge < -0.3 is 20.2 Å². The van der Waals surface area contributed by atoms with E-state index in [0.29, 0.717) is 11.5 Å². The van der Waals surface area contributed by atoms with Crippen LogP contribution in [0, 0.1) is 5.21 Å². The van der Waals surface area contributed by atoms with E-state index in [1.165, 1.54) is 0 Å². The van der Waals surface area contributed by atoms with Gasteiger partial charge in [0.05, 0.1) is 7.11 Å². The van der Waals surface area contributed by atoms with Gasteiger partial charge >= 0.3 is 12.1 Å². The van der Waals surface area contributed by atoms with E-state index in [-0.39, 0.29) is 11.0 Å². The highest BCUT2D eigenvalue weighted by molar-refractivity contribution is 7.10. The molecule has 0 saturated heterocycles. The van der Waals surface area contributed by atoms with Gasteiger partial charge in [0.15, 0.2) is 11.5 Å². The lowest BCUT2D eigenvalue weighted by Crippen LogP contribution is -2.16. The van der Waals surface area contributed by atoms with Crippen molar-refractivity contribution in [1.82, 2.24) is 9.36 Å². The van der Waals surface area contributed by atoms with E-state index in [9.17, 15) is 14.8 Å². The fourth-order valence-electron chi connectivity index (χ4n) is 0.684. The summed E-state index contributed by atoms with van der Waals surface area (Å²) in [6.45, 7) is 0. The van der Waals surface area contributed by atoms with E-state index in [1.54, 1.807) is 0 Å². The predicted molar refractivity (Wildman–Crippen MR) is 53.5 cm³/mol. The lowest BCUT2D eigenvalue weighted by Gasteiger charge is -1.98. The molecule has 1 heterocycles. The second-order valence-corrected chi connectivity index (χ2v) is 3.04. The van der Waals surface area contributed by atoms with Crippen molar-refractivity contribution in [2.45, 2.75) is 0 Å². The number of carbonyl (C=O) groups excluding carboxylic acids is 1. The van der Waals surface area contributed by atoms with Gasteiger partial charge in [-0.05, 0) is 0 Å². The fourth-order valence-corrected chi connectivity index (χ4v) is 1.24. The predicted octanol–water partition coefficient (Wildman–Crippen LogP) is 0.0879. The number of aliphatic carboxylic acids is 1. The number of ether oxygens (including phenoxy) is 1. The van der Waals surface area contributed by atoms with Crippen LogP contribution in [0.5, 0.6) is 0 Å². The lowest BCUT2D eigenvalue weighted by atomic mass is 10.4. The molecule has 0 radical (unpaired) electrons. The molecule has 9 nitrogen and oxygen atoms in total. The number of hydrogen-bond donors (Lipinski definition) is 2. The molecule has 1 aromatic heterocycles. The Hall–Kier alpha value is -2.23. The minimum absolute atomic E-state index is 0.00394. The van der Waals surface area contributed by atoms with Gasteiger partial charge in [-0.2, -0.15) is 9.36 Å². The van der Waals surface area contributed by atoms with Gasteiger partial charge in [-0.1, -0.05) is 0 Å². The molecule has 0 aromatic carbocycles. The zero-order valence-electron chi connectivity index (χ0n) is 7.83. The van der Waals surface area contributed by atoms with E-state index in [0.717, 1.165) is 7.11 Å². The van der Waals surface area contributed by atoms with Crippen LogP contribution in [0.15, 0.2) is 5.16 Å². The third-order valence-corrected chi connectivity index (χ3v) is 1.96. The maximum Gasteiger partial charge on any atom is 0.413 e. The van der Waals surface area contributed by atoms with Crippen molar-refractivity contribution in [2.24, 2.45) is 5.16 Å². The maximum absolute atomic E-state index is 10.8. The summed E-state index contributed by atoms with van der Waals surface area (Å²) in [4.78, 5) is 24.8. The molecule has 1 amide bonds. The summed E-state index contributed by atoms with van der Waals surface area (Å²) >= 11 is 0.698. The highest BCUT2D eigenvalue weighted by Crippen LogP contribution is 2.11. The van der Waals surface area contributed by atoms with E-state index >= 15 is 0 Å². The Balaban J connectivity index is 2.86.